The number of carbonyl (C=O) groups excluding carboxylic acids is 2. The van der Waals surface area contributed by atoms with Crippen molar-refractivity contribution < 1.29 is 22.8 Å². The van der Waals surface area contributed by atoms with Gasteiger partial charge in [-0.3, -0.25) is 13.9 Å². The quantitative estimate of drug-likeness (QED) is 0.249. The topological polar surface area (TPSA) is 145 Å². The first-order chi connectivity index (χ1) is 20.7. The van der Waals surface area contributed by atoms with E-state index >= 15 is 0 Å². The van der Waals surface area contributed by atoms with Crippen LogP contribution in [-0.2, 0) is 19.1 Å². The Labute approximate surface area is 244 Å². The third-order valence-electron chi connectivity index (χ3n) is 7.04. The average Bonchev–Trinajstić information content (AvgIpc) is 3.75. The smallest absolute Gasteiger partial charge is 0.350 e. The lowest BCUT2D eigenvalue weighted by atomic mass is 10.0. The van der Waals surface area contributed by atoms with Crippen molar-refractivity contribution in [1.29, 1.82) is 5.26 Å². The van der Waals surface area contributed by atoms with Crippen molar-refractivity contribution >= 4 is 29.1 Å². The molecule has 0 aliphatic carbocycles. The molecule has 1 saturated heterocycles. The number of aryl methyl sites for hydroxylation is 1. The third kappa shape index (κ3) is 6.37. The molecule has 0 saturated carbocycles. The molecule has 3 N–H and O–H groups in total. The van der Waals surface area contributed by atoms with E-state index in [1.807, 2.05) is 6.92 Å². The van der Waals surface area contributed by atoms with Crippen molar-refractivity contribution in [1.82, 2.24) is 39.7 Å². The predicted molar refractivity (Wildman–Crippen MR) is 150 cm³/mol. The molecule has 4 heterocycles. The number of nitriles is 1. The largest absolute Gasteiger partial charge is 0.435 e. The Morgan fingerprint density at radius 2 is 1.88 bits per heavy atom. The fourth-order valence-electron chi connectivity index (χ4n) is 4.97. The highest BCUT2D eigenvalue weighted by molar-refractivity contribution is 5.96. The van der Waals surface area contributed by atoms with Crippen molar-refractivity contribution in [2.24, 2.45) is 0 Å². The molecule has 3 amide bonds. The maximum Gasteiger partial charge on any atom is 0.435 e. The number of urea groups is 1. The molecule has 5 rings (SSSR count). The van der Waals surface area contributed by atoms with Crippen LogP contribution in [0.1, 0.15) is 41.4 Å². The number of hydrogen-bond donors (Lipinski definition) is 3. The molecular weight excluding hydrogens is 565 g/mol. The zero-order chi connectivity index (χ0) is 30.6. The number of alkyl halides is 3. The maximum absolute atomic E-state index is 13.7. The van der Waals surface area contributed by atoms with E-state index in [0.29, 0.717) is 30.0 Å². The number of benzene rings is 1. The Kier molecular flexibility index (Phi) is 8.46. The summed E-state index contributed by atoms with van der Waals surface area (Å²) in [5.74, 6) is 0.0223. The van der Waals surface area contributed by atoms with Gasteiger partial charge >= 0.3 is 12.2 Å². The summed E-state index contributed by atoms with van der Waals surface area (Å²) in [6.45, 7) is 3.67. The van der Waals surface area contributed by atoms with E-state index in [1.165, 1.54) is 29.2 Å². The van der Waals surface area contributed by atoms with E-state index < -0.39 is 11.9 Å². The number of imidazole rings is 1. The van der Waals surface area contributed by atoms with E-state index in [1.54, 1.807) is 29.2 Å². The summed E-state index contributed by atoms with van der Waals surface area (Å²) in [5, 5.41) is 21.3. The molecule has 1 aliphatic rings. The van der Waals surface area contributed by atoms with E-state index in [-0.39, 0.29) is 41.9 Å². The lowest BCUT2D eigenvalue weighted by Crippen LogP contribution is -2.41. The first-order valence-corrected chi connectivity index (χ1v) is 13.7. The van der Waals surface area contributed by atoms with E-state index in [2.05, 4.69) is 31.0 Å². The van der Waals surface area contributed by atoms with Crippen molar-refractivity contribution in [3.05, 3.63) is 59.8 Å². The molecular formula is C28H29F3N10O2. The third-order valence-corrected chi connectivity index (χ3v) is 7.04. The minimum atomic E-state index is -4.74. The molecule has 0 spiro atoms. The Bertz CT molecular complexity index is 1680. The molecule has 0 bridgehead atoms. The second kappa shape index (κ2) is 12.4. The lowest BCUT2D eigenvalue weighted by molar-refractivity contribution is -0.141. The summed E-state index contributed by atoms with van der Waals surface area (Å²) in [7, 11) is 0. The average molecular weight is 595 g/mol. The summed E-state index contributed by atoms with van der Waals surface area (Å²) in [4.78, 5) is 35.4. The molecule has 15 heteroatoms. The fourth-order valence-corrected chi connectivity index (χ4v) is 4.97. The van der Waals surface area contributed by atoms with Gasteiger partial charge in [-0.15, -0.1) is 0 Å². The van der Waals surface area contributed by atoms with Gasteiger partial charge in [0.1, 0.15) is 6.54 Å². The molecule has 3 aromatic heterocycles. The first kappa shape index (κ1) is 29.4. The lowest BCUT2D eigenvalue weighted by Gasteiger charge is -2.16. The normalized spacial score (nSPS) is 13.2. The van der Waals surface area contributed by atoms with Crippen LogP contribution in [0.25, 0.3) is 16.9 Å². The summed E-state index contributed by atoms with van der Waals surface area (Å²) in [6.07, 6.45) is 3.21. The molecule has 1 fully saturated rings. The maximum atomic E-state index is 13.7. The van der Waals surface area contributed by atoms with Crippen LogP contribution in [0.5, 0.6) is 0 Å². The van der Waals surface area contributed by atoms with Crippen LogP contribution in [0.2, 0.25) is 0 Å². The molecule has 43 heavy (non-hydrogen) atoms. The number of amides is 3. The first-order valence-electron chi connectivity index (χ1n) is 13.7. The Morgan fingerprint density at radius 3 is 2.60 bits per heavy atom. The Balaban J connectivity index is 1.31. The van der Waals surface area contributed by atoms with Crippen molar-refractivity contribution in [3.8, 4) is 17.3 Å². The number of carbonyl (C=O) groups is 2. The number of hydrogen-bond acceptors (Lipinski definition) is 7. The van der Waals surface area contributed by atoms with Crippen LogP contribution >= 0.6 is 0 Å². The molecule has 1 aliphatic heterocycles. The van der Waals surface area contributed by atoms with Crippen molar-refractivity contribution in [2.75, 3.05) is 31.5 Å². The van der Waals surface area contributed by atoms with Crippen molar-refractivity contribution in [2.45, 2.75) is 38.9 Å². The van der Waals surface area contributed by atoms with Crippen LogP contribution in [0, 0.1) is 11.3 Å². The summed E-state index contributed by atoms with van der Waals surface area (Å²) in [5.41, 5.74) is 0.929. The van der Waals surface area contributed by atoms with Crippen molar-refractivity contribution in [3.63, 3.8) is 0 Å². The SMILES string of the molecule is CCc1cc(Nc2nccn3c(-c4cn(CC#N)nc4C(F)(F)F)cnc23)ccc1C(=O)NCCNC(=O)N1CCCC1. The van der Waals surface area contributed by atoms with Gasteiger partial charge in [0.2, 0.25) is 0 Å². The van der Waals surface area contributed by atoms with Gasteiger partial charge < -0.3 is 20.9 Å². The van der Waals surface area contributed by atoms with Gasteiger partial charge in [-0.25, -0.2) is 14.8 Å². The van der Waals surface area contributed by atoms with Gasteiger partial charge in [0, 0.05) is 56.0 Å². The van der Waals surface area contributed by atoms with Crippen LogP contribution in [0.3, 0.4) is 0 Å². The second-order valence-electron chi connectivity index (χ2n) is 9.89. The highest BCUT2D eigenvalue weighted by atomic mass is 19.4. The number of aromatic nitrogens is 5. The Hall–Kier alpha value is -5.13. The van der Waals surface area contributed by atoms with Crippen LogP contribution in [0.4, 0.5) is 29.5 Å². The molecule has 1 aromatic carbocycles. The minimum Gasteiger partial charge on any atom is -0.350 e. The van der Waals surface area contributed by atoms with Crippen LogP contribution < -0.4 is 16.0 Å². The predicted octanol–water partition coefficient (Wildman–Crippen LogP) is 3.98. The van der Waals surface area contributed by atoms with Gasteiger partial charge in [-0.1, -0.05) is 6.92 Å². The molecule has 0 unspecified atom stereocenters. The number of nitrogens with one attached hydrogen (secondary N) is 3. The molecule has 4 aromatic rings. The molecule has 0 atom stereocenters. The van der Waals surface area contributed by atoms with Gasteiger partial charge in [-0.2, -0.15) is 23.5 Å². The molecule has 224 valence electrons. The van der Waals surface area contributed by atoms with E-state index in [9.17, 15) is 22.8 Å². The highest BCUT2D eigenvalue weighted by Gasteiger charge is 2.38. The van der Waals surface area contributed by atoms with Crippen LogP contribution in [0.15, 0.2) is 43.0 Å². The molecule has 0 radical (unpaired) electrons. The van der Waals surface area contributed by atoms with E-state index in [0.717, 1.165) is 36.2 Å². The van der Waals surface area contributed by atoms with E-state index in [4.69, 9.17) is 5.26 Å². The summed E-state index contributed by atoms with van der Waals surface area (Å²) < 4.78 is 43.6. The number of rotatable bonds is 9. The monoisotopic (exact) mass is 594 g/mol. The van der Waals surface area contributed by atoms with Gasteiger partial charge in [0.05, 0.1) is 23.5 Å². The number of likely N-dealkylation sites (tertiary alicyclic amines) is 1. The Morgan fingerprint density at radius 1 is 1.12 bits per heavy atom. The van der Waals surface area contributed by atoms with Crippen LogP contribution in [-0.4, -0.2) is 67.2 Å². The van der Waals surface area contributed by atoms with Gasteiger partial charge in [0.15, 0.2) is 17.2 Å². The number of halogens is 3. The zero-order valence-corrected chi connectivity index (χ0v) is 23.3. The fraction of sp³-hybridized carbons (Fsp3) is 0.357. The zero-order valence-electron chi connectivity index (χ0n) is 23.3. The second-order valence-corrected chi connectivity index (χ2v) is 9.89. The number of nitrogens with zero attached hydrogens (tertiary/aromatic N) is 7. The minimum absolute atomic E-state index is 0.125. The highest BCUT2D eigenvalue weighted by Crippen LogP contribution is 2.37. The number of anilines is 2. The molecule has 12 nitrogen and oxygen atoms in total. The number of fused-ring (bicyclic) bond motifs is 1. The van der Waals surface area contributed by atoms with Gasteiger partial charge in [-0.05, 0) is 43.0 Å². The van der Waals surface area contributed by atoms with Gasteiger partial charge in [0.25, 0.3) is 5.91 Å². The summed E-state index contributed by atoms with van der Waals surface area (Å²) in [6, 6.07) is 6.84. The summed E-state index contributed by atoms with van der Waals surface area (Å²) >= 11 is 0. The standard InChI is InChI=1S/C28H29F3N10O2/c1-2-18-15-19(5-6-20(18)26(42)34-8-9-35-27(43)39-11-3-4-12-39)37-24-25-36-16-22(41(25)14-10-33-24)21-17-40(13-7-32)38-23(21)28(29,30)31/h5-6,10,14-17H,2-4,8-9,11-13H2,1H3,(H,33,37)(H,34,42)(H,35,43).